The van der Waals surface area contributed by atoms with Crippen LogP contribution in [0, 0.1) is 13.8 Å². The molecule has 2 rings (SSSR count). The number of hydrogen-bond acceptors (Lipinski definition) is 3. The van der Waals surface area contributed by atoms with Crippen molar-refractivity contribution in [3.63, 3.8) is 0 Å². The first-order valence-electron chi connectivity index (χ1n) is 6.67. The Hall–Kier alpha value is -1.74. The lowest BCUT2D eigenvalue weighted by molar-refractivity contribution is 0.713. The van der Waals surface area contributed by atoms with Crippen LogP contribution in [0.2, 0.25) is 0 Å². The van der Waals surface area contributed by atoms with Crippen molar-refractivity contribution < 1.29 is 0 Å². The van der Waals surface area contributed by atoms with E-state index in [0.29, 0.717) is 0 Å². The van der Waals surface area contributed by atoms with Crippen molar-refractivity contribution in [3.05, 3.63) is 58.7 Å². The molecule has 2 N–H and O–H groups in total. The van der Waals surface area contributed by atoms with E-state index in [0.717, 1.165) is 24.4 Å². The summed E-state index contributed by atoms with van der Waals surface area (Å²) in [6, 6.07) is 8.56. The molecule has 1 aromatic heterocycles. The molecule has 0 fully saturated rings. The topological polar surface area (TPSA) is 51.8 Å². The number of aromatic nitrogens is 2. The average molecular weight is 255 g/mol. The fourth-order valence-corrected chi connectivity index (χ4v) is 2.07. The van der Waals surface area contributed by atoms with Crippen LogP contribution in [0.3, 0.4) is 0 Å². The van der Waals surface area contributed by atoms with Crippen LogP contribution in [-0.4, -0.2) is 16.0 Å². The zero-order valence-corrected chi connectivity index (χ0v) is 11.9. The van der Waals surface area contributed by atoms with Gasteiger partial charge in [0.15, 0.2) is 0 Å². The minimum Gasteiger partial charge on any atom is -0.328 e. The summed E-state index contributed by atoms with van der Waals surface area (Å²) in [5.41, 5.74) is 10.7. The quantitative estimate of drug-likeness (QED) is 0.913. The summed E-state index contributed by atoms with van der Waals surface area (Å²) >= 11 is 0. The Kier molecular flexibility index (Phi) is 4.27. The fourth-order valence-electron chi connectivity index (χ4n) is 2.07. The van der Waals surface area contributed by atoms with Gasteiger partial charge in [0.1, 0.15) is 5.82 Å². The normalized spacial score (nSPS) is 12.4. The summed E-state index contributed by atoms with van der Waals surface area (Å²) in [6.45, 7) is 6.25. The van der Waals surface area contributed by atoms with Gasteiger partial charge in [0, 0.05) is 30.8 Å². The highest BCUT2D eigenvalue weighted by Gasteiger charge is 2.04. The standard InChI is InChI=1S/C16H21N3/c1-11-4-5-14(8-12(11)2)10-16-18-7-6-15(19-16)9-13(3)17/h4-8,13H,9-10,17H2,1-3H3. The van der Waals surface area contributed by atoms with Crippen LogP contribution in [0.4, 0.5) is 0 Å². The van der Waals surface area contributed by atoms with E-state index < -0.39 is 0 Å². The van der Waals surface area contributed by atoms with Gasteiger partial charge in [-0.1, -0.05) is 18.2 Å². The molecular formula is C16H21N3. The fraction of sp³-hybridized carbons (Fsp3) is 0.375. The van der Waals surface area contributed by atoms with E-state index in [1.165, 1.54) is 16.7 Å². The van der Waals surface area contributed by atoms with E-state index in [9.17, 15) is 0 Å². The van der Waals surface area contributed by atoms with Gasteiger partial charge in [-0.3, -0.25) is 0 Å². The van der Waals surface area contributed by atoms with Crippen molar-refractivity contribution in [1.82, 2.24) is 9.97 Å². The summed E-state index contributed by atoms with van der Waals surface area (Å²) < 4.78 is 0. The van der Waals surface area contributed by atoms with Crippen LogP contribution in [0.15, 0.2) is 30.5 Å². The van der Waals surface area contributed by atoms with Crippen LogP contribution in [0.25, 0.3) is 0 Å². The predicted molar refractivity (Wildman–Crippen MR) is 78.1 cm³/mol. The second kappa shape index (κ2) is 5.93. The van der Waals surface area contributed by atoms with Crippen LogP contribution >= 0.6 is 0 Å². The minimum atomic E-state index is 0.129. The molecule has 3 heteroatoms. The van der Waals surface area contributed by atoms with Gasteiger partial charge in [0.2, 0.25) is 0 Å². The van der Waals surface area contributed by atoms with Gasteiger partial charge in [-0.15, -0.1) is 0 Å². The molecule has 0 aliphatic heterocycles. The molecule has 1 atom stereocenters. The first-order chi connectivity index (χ1) is 9.04. The second-order valence-corrected chi connectivity index (χ2v) is 5.24. The largest absolute Gasteiger partial charge is 0.328 e. The molecule has 3 nitrogen and oxygen atoms in total. The lowest BCUT2D eigenvalue weighted by Crippen LogP contribution is -2.19. The molecule has 0 saturated carbocycles. The summed E-state index contributed by atoms with van der Waals surface area (Å²) in [7, 11) is 0. The van der Waals surface area contributed by atoms with E-state index in [1.807, 2.05) is 19.2 Å². The molecule has 0 spiro atoms. The zero-order valence-electron chi connectivity index (χ0n) is 11.9. The van der Waals surface area contributed by atoms with E-state index in [2.05, 4.69) is 42.0 Å². The van der Waals surface area contributed by atoms with E-state index >= 15 is 0 Å². The highest BCUT2D eigenvalue weighted by Crippen LogP contribution is 2.12. The van der Waals surface area contributed by atoms with Gasteiger partial charge in [0.25, 0.3) is 0 Å². The Morgan fingerprint density at radius 1 is 1.16 bits per heavy atom. The lowest BCUT2D eigenvalue weighted by atomic mass is 10.0. The van der Waals surface area contributed by atoms with Crippen molar-refractivity contribution in [1.29, 1.82) is 0 Å². The minimum absolute atomic E-state index is 0.129. The number of benzene rings is 1. The Morgan fingerprint density at radius 2 is 1.95 bits per heavy atom. The second-order valence-electron chi connectivity index (χ2n) is 5.24. The lowest BCUT2D eigenvalue weighted by Gasteiger charge is -2.07. The molecule has 1 unspecified atom stereocenters. The SMILES string of the molecule is Cc1ccc(Cc2nccc(CC(C)N)n2)cc1C. The molecule has 0 saturated heterocycles. The van der Waals surface area contributed by atoms with Crippen LogP contribution in [0.5, 0.6) is 0 Å². The molecule has 0 radical (unpaired) electrons. The van der Waals surface area contributed by atoms with Gasteiger partial charge in [-0.2, -0.15) is 0 Å². The van der Waals surface area contributed by atoms with Crippen molar-refractivity contribution in [2.75, 3.05) is 0 Å². The Morgan fingerprint density at radius 3 is 2.63 bits per heavy atom. The predicted octanol–water partition coefficient (Wildman–Crippen LogP) is 2.57. The van der Waals surface area contributed by atoms with Crippen molar-refractivity contribution in [3.8, 4) is 0 Å². The first kappa shape index (κ1) is 13.7. The maximum atomic E-state index is 5.80. The highest BCUT2D eigenvalue weighted by atomic mass is 14.9. The van der Waals surface area contributed by atoms with Crippen molar-refractivity contribution in [2.24, 2.45) is 5.73 Å². The smallest absolute Gasteiger partial charge is 0.132 e. The van der Waals surface area contributed by atoms with Gasteiger partial charge in [-0.25, -0.2) is 9.97 Å². The van der Waals surface area contributed by atoms with Crippen LogP contribution in [0.1, 0.15) is 35.1 Å². The van der Waals surface area contributed by atoms with E-state index in [1.54, 1.807) is 0 Å². The molecule has 0 aliphatic carbocycles. The Labute approximate surface area is 114 Å². The third kappa shape index (κ3) is 3.86. The molecule has 0 aliphatic rings. The van der Waals surface area contributed by atoms with E-state index in [4.69, 9.17) is 5.73 Å². The Balaban J connectivity index is 2.16. The third-order valence-electron chi connectivity index (χ3n) is 3.23. The number of nitrogens with zero attached hydrogens (tertiary/aromatic N) is 2. The number of rotatable bonds is 4. The van der Waals surface area contributed by atoms with Crippen LogP contribution < -0.4 is 5.73 Å². The Bertz CT molecular complexity index is 562. The number of nitrogens with two attached hydrogens (primary N) is 1. The summed E-state index contributed by atoms with van der Waals surface area (Å²) in [5, 5.41) is 0. The molecule has 2 aromatic rings. The summed E-state index contributed by atoms with van der Waals surface area (Å²) in [4.78, 5) is 8.91. The molecule has 0 amide bonds. The molecular weight excluding hydrogens is 234 g/mol. The van der Waals surface area contributed by atoms with Gasteiger partial charge >= 0.3 is 0 Å². The maximum absolute atomic E-state index is 5.80. The molecule has 1 heterocycles. The number of hydrogen-bond donors (Lipinski definition) is 1. The van der Waals surface area contributed by atoms with E-state index in [-0.39, 0.29) is 6.04 Å². The average Bonchev–Trinajstić information content (AvgIpc) is 2.33. The van der Waals surface area contributed by atoms with Crippen molar-refractivity contribution >= 4 is 0 Å². The molecule has 1 aromatic carbocycles. The monoisotopic (exact) mass is 255 g/mol. The maximum Gasteiger partial charge on any atom is 0.132 e. The van der Waals surface area contributed by atoms with Crippen LogP contribution in [-0.2, 0) is 12.8 Å². The van der Waals surface area contributed by atoms with Crippen molar-refractivity contribution in [2.45, 2.75) is 39.7 Å². The number of aryl methyl sites for hydroxylation is 2. The molecule has 19 heavy (non-hydrogen) atoms. The third-order valence-corrected chi connectivity index (χ3v) is 3.23. The summed E-state index contributed by atoms with van der Waals surface area (Å²) in [5.74, 6) is 0.862. The van der Waals surface area contributed by atoms with Gasteiger partial charge in [-0.05, 0) is 43.5 Å². The highest BCUT2D eigenvalue weighted by molar-refractivity contribution is 5.31. The van der Waals surface area contributed by atoms with Gasteiger partial charge < -0.3 is 5.73 Å². The molecule has 100 valence electrons. The summed E-state index contributed by atoms with van der Waals surface area (Å²) in [6.07, 6.45) is 3.39. The zero-order chi connectivity index (χ0) is 13.8. The first-order valence-corrected chi connectivity index (χ1v) is 6.67. The van der Waals surface area contributed by atoms with Gasteiger partial charge in [0.05, 0.1) is 0 Å². The molecule has 0 bridgehead atoms.